The minimum Gasteiger partial charge on any atom is -0.312 e. The Hall–Kier alpha value is -3.50. The molecule has 2 aliphatic rings. The highest BCUT2D eigenvalue weighted by molar-refractivity contribution is 6.24. The van der Waals surface area contributed by atoms with Crippen molar-refractivity contribution in [1.82, 2.24) is 5.06 Å². The smallest absolute Gasteiger partial charge is 0.254 e. The van der Waals surface area contributed by atoms with E-state index in [4.69, 9.17) is 0 Å². The van der Waals surface area contributed by atoms with E-state index in [9.17, 15) is 33.2 Å². The monoisotopic (exact) mass is 415 g/mol. The molecule has 2 aliphatic heterocycles. The van der Waals surface area contributed by atoms with Gasteiger partial charge >= 0.3 is 0 Å². The van der Waals surface area contributed by atoms with Gasteiger partial charge in [-0.2, -0.15) is 5.06 Å². The number of hydrogen-bond acceptors (Lipinski definition) is 6. The number of nitrogens with zero attached hydrogens (tertiary/aromatic N) is 3. The van der Waals surface area contributed by atoms with Gasteiger partial charge in [-0.1, -0.05) is 24.3 Å². The maximum absolute atomic E-state index is 14.0. The van der Waals surface area contributed by atoms with Crippen molar-refractivity contribution in [3.05, 3.63) is 60.2 Å². The van der Waals surface area contributed by atoms with Crippen LogP contribution in [0.4, 0.5) is 20.2 Å². The molecule has 0 aliphatic carbocycles. The zero-order valence-corrected chi connectivity index (χ0v) is 15.4. The number of amides is 4. The Balaban J connectivity index is 1.59. The van der Waals surface area contributed by atoms with Crippen LogP contribution in [0, 0.1) is 11.6 Å². The molecule has 1 N–H and O–H groups in total. The highest BCUT2D eigenvalue weighted by Gasteiger charge is 2.51. The van der Waals surface area contributed by atoms with Crippen LogP contribution in [0.25, 0.3) is 0 Å². The summed E-state index contributed by atoms with van der Waals surface area (Å²) >= 11 is 0. The lowest BCUT2D eigenvalue weighted by Gasteiger charge is -2.25. The van der Waals surface area contributed by atoms with E-state index < -0.39 is 60.2 Å². The summed E-state index contributed by atoms with van der Waals surface area (Å²) < 4.78 is 28.1. The first-order valence-electron chi connectivity index (χ1n) is 9.01. The zero-order valence-electron chi connectivity index (χ0n) is 15.4. The van der Waals surface area contributed by atoms with Crippen molar-refractivity contribution in [3.63, 3.8) is 0 Å². The minimum absolute atomic E-state index is 0.273. The van der Waals surface area contributed by atoms with Crippen LogP contribution in [0.5, 0.6) is 0 Å². The van der Waals surface area contributed by atoms with Gasteiger partial charge in [-0.25, -0.2) is 18.6 Å². The van der Waals surface area contributed by atoms with E-state index in [1.54, 1.807) is 0 Å². The highest BCUT2D eigenvalue weighted by atomic mass is 19.1. The standard InChI is InChI=1S/C20H15F2N3O5/c21-11-5-1-3-7-13(11)23-17(26)9-15(19(23)28)25(30)16-10-18(27)24(20(16)29)14-8-4-2-6-12(14)22/h1-8,15-16,30H,9-10H2/t15-,16+. The largest absolute Gasteiger partial charge is 0.312 e. The number of rotatable bonds is 4. The molecule has 10 heteroatoms. The van der Waals surface area contributed by atoms with Gasteiger partial charge in [0, 0.05) is 0 Å². The Morgan fingerprint density at radius 2 is 1.10 bits per heavy atom. The number of hydrogen-bond donors (Lipinski definition) is 1. The van der Waals surface area contributed by atoms with Gasteiger partial charge in [0.1, 0.15) is 23.7 Å². The molecule has 2 saturated heterocycles. The summed E-state index contributed by atoms with van der Waals surface area (Å²) in [5.74, 6) is -5.01. The highest BCUT2D eigenvalue weighted by Crippen LogP contribution is 2.32. The first-order valence-corrected chi connectivity index (χ1v) is 9.01. The summed E-state index contributed by atoms with van der Waals surface area (Å²) in [5, 5.41) is 10.9. The molecule has 154 valence electrons. The Labute approximate surface area is 168 Å². The Morgan fingerprint density at radius 3 is 1.47 bits per heavy atom. The molecule has 4 rings (SSSR count). The van der Waals surface area contributed by atoms with Gasteiger partial charge in [-0.05, 0) is 24.3 Å². The van der Waals surface area contributed by atoms with E-state index in [-0.39, 0.29) is 11.4 Å². The summed E-state index contributed by atoms with van der Waals surface area (Å²) in [7, 11) is 0. The van der Waals surface area contributed by atoms with E-state index in [0.29, 0.717) is 14.9 Å². The van der Waals surface area contributed by atoms with E-state index in [2.05, 4.69) is 0 Å². The van der Waals surface area contributed by atoms with Crippen molar-refractivity contribution in [1.29, 1.82) is 0 Å². The number of para-hydroxylation sites is 2. The molecule has 2 atom stereocenters. The van der Waals surface area contributed by atoms with E-state index >= 15 is 0 Å². The van der Waals surface area contributed by atoms with Crippen molar-refractivity contribution in [2.24, 2.45) is 0 Å². The lowest BCUT2D eigenvalue weighted by Crippen LogP contribution is -2.49. The number of anilines is 2. The van der Waals surface area contributed by atoms with Crippen LogP contribution in [0.3, 0.4) is 0 Å². The molecule has 2 aromatic rings. The lowest BCUT2D eigenvalue weighted by atomic mass is 10.1. The second kappa shape index (κ2) is 7.39. The molecule has 30 heavy (non-hydrogen) atoms. The normalized spacial score (nSPS) is 22.0. The van der Waals surface area contributed by atoms with Crippen LogP contribution >= 0.6 is 0 Å². The molecule has 0 bridgehead atoms. The maximum Gasteiger partial charge on any atom is 0.254 e. The summed E-state index contributed by atoms with van der Waals surface area (Å²) in [6, 6.07) is 7.30. The Morgan fingerprint density at radius 1 is 0.733 bits per heavy atom. The van der Waals surface area contributed by atoms with Crippen LogP contribution in [-0.2, 0) is 19.2 Å². The molecule has 0 unspecified atom stereocenters. The number of carbonyl (C=O) groups is 4. The quantitative estimate of drug-likeness (QED) is 0.602. The maximum atomic E-state index is 14.0. The molecular weight excluding hydrogens is 400 g/mol. The zero-order chi connectivity index (χ0) is 21.6. The second-order valence-corrected chi connectivity index (χ2v) is 6.86. The van der Waals surface area contributed by atoms with Crippen molar-refractivity contribution < 1.29 is 33.2 Å². The fraction of sp³-hybridized carbons (Fsp3) is 0.200. The summed E-state index contributed by atoms with van der Waals surface area (Å²) in [4.78, 5) is 51.3. The summed E-state index contributed by atoms with van der Waals surface area (Å²) in [5.41, 5.74) is -0.546. The second-order valence-electron chi connectivity index (χ2n) is 6.86. The van der Waals surface area contributed by atoms with Gasteiger partial charge in [-0.3, -0.25) is 19.2 Å². The molecule has 0 aromatic heterocycles. The van der Waals surface area contributed by atoms with Crippen LogP contribution < -0.4 is 9.80 Å². The number of imide groups is 2. The number of benzene rings is 2. The number of hydroxylamine groups is 2. The average Bonchev–Trinajstić information content (AvgIpc) is 3.18. The number of halogens is 2. The van der Waals surface area contributed by atoms with Gasteiger partial charge in [0.2, 0.25) is 11.8 Å². The predicted octanol–water partition coefficient (Wildman–Crippen LogP) is 1.62. The Kier molecular flexibility index (Phi) is 4.88. The molecule has 2 heterocycles. The van der Waals surface area contributed by atoms with Crippen LogP contribution in [-0.4, -0.2) is 46.0 Å². The van der Waals surface area contributed by atoms with E-state index in [1.807, 2.05) is 0 Å². The molecule has 2 fully saturated rings. The van der Waals surface area contributed by atoms with Gasteiger partial charge < -0.3 is 5.21 Å². The van der Waals surface area contributed by atoms with Crippen LogP contribution in [0.2, 0.25) is 0 Å². The van der Waals surface area contributed by atoms with Crippen molar-refractivity contribution >= 4 is 35.0 Å². The molecule has 0 saturated carbocycles. The van der Waals surface area contributed by atoms with Crippen molar-refractivity contribution in [2.75, 3.05) is 9.80 Å². The first-order chi connectivity index (χ1) is 14.3. The van der Waals surface area contributed by atoms with Crippen molar-refractivity contribution in [3.8, 4) is 0 Å². The van der Waals surface area contributed by atoms with Crippen LogP contribution in [0.1, 0.15) is 12.8 Å². The fourth-order valence-electron chi connectivity index (χ4n) is 3.63. The molecule has 2 aromatic carbocycles. The third kappa shape index (κ3) is 3.06. The molecule has 0 radical (unpaired) electrons. The molecule has 8 nitrogen and oxygen atoms in total. The SMILES string of the molecule is O=C1C[C@@H](N(O)[C@H]2CC(=O)N(c3ccccc3F)C2=O)C(=O)N1c1ccccc1F. The Bertz CT molecular complexity index is 992. The molecule has 4 amide bonds. The number of carbonyl (C=O) groups excluding carboxylic acids is 4. The minimum atomic E-state index is -1.49. The van der Waals surface area contributed by atoms with Gasteiger partial charge in [0.05, 0.1) is 24.2 Å². The van der Waals surface area contributed by atoms with Crippen molar-refractivity contribution in [2.45, 2.75) is 24.9 Å². The van der Waals surface area contributed by atoms with Gasteiger partial charge in [0.15, 0.2) is 0 Å². The molecule has 0 spiro atoms. The van der Waals surface area contributed by atoms with Gasteiger partial charge in [0.25, 0.3) is 11.8 Å². The fourth-order valence-corrected chi connectivity index (χ4v) is 3.63. The average molecular weight is 415 g/mol. The third-order valence-electron chi connectivity index (χ3n) is 5.07. The topological polar surface area (TPSA) is 98.2 Å². The van der Waals surface area contributed by atoms with Crippen LogP contribution in [0.15, 0.2) is 48.5 Å². The molecular formula is C20H15F2N3O5. The first kappa shape index (κ1) is 19.8. The lowest BCUT2D eigenvalue weighted by molar-refractivity contribution is -0.172. The predicted molar refractivity (Wildman–Crippen MR) is 98.2 cm³/mol. The third-order valence-corrected chi connectivity index (χ3v) is 5.07. The van der Waals surface area contributed by atoms with Gasteiger partial charge in [-0.15, -0.1) is 0 Å². The summed E-state index contributed by atoms with van der Waals surface area (Å²) in [6.07, 6.45) is -1.03. The van der Waals surface area contributed by atoms with E-state index in [0.717, 1.165) is 12.1 Å². The summed E-state index contributed by atoms with van der Waals surface area (Å²) in [6.45, 7) is 0. The van der Waals surface area contributed by atoms with E-state index in [1.165, 1.54) is 36.4 Å².